The van der Waals surface area contributed by atoms with Crippen LogP contribution in [0.5, 0.6) is 0 Å². The highest BCUT2D eigenvalue weighted by atomic mass is 28.4. The van der Waals surface area contributed by atoms with Crippen molar-refractivity contribution < 1.29 is 4.43 Å². The van der Waals surface area contributed by atoms with Crippen LogP contribution in [0.3, 0.4) is 0 Å². The van der Waals surface area contributed by atoms with Gasteiger partial charge in [-0.05, 0) is 109 Å². The summed E-state index contributed by atoms with van der Waals surface area (Å²) in [6, 6.07) is 4.36. The number of aromatic nitrogens is 1. The molecule has 0 amide bonds. The lowest BCUT2D eigenvalue weighted by atomic mass is 9.47. The van der Waals surface area contributed by atoms with Gasteiger partial charge in [-0.15, -0.1) is 0 Å². The van der Waals surface area contributed by atoms with E-state index in [2.05, 4.69) is 83.2 Å². The van der Waals surface area contributed by atoms with Crippen LogP contribution >= 0.6 is 0 Å². The maximum absolute atomic E-state index is 6.91. The summed E-state index contributed by atoms with van der Waals surface area (Å²) < 4.78 is 6.91. The van der Waals surface area contributed by atoms with E-state index in [1.54, 1.807) is 11.1 Å². The zero-order valence-electron chi connectivity index (χ0n) is 22.1. The van der Waals surface area contributed by atoms with Gasteiger partial charge >= 0.3 is 0 Å². The first-order valence-electron chi connectivity index (χ1n) is 13.4. The minimum atomic E-state index is -1.71. The normalized spacial score (nSPS) is 38.6. The molecule has 2 nitrogen and oxygen atoms in total. The van der Waals surface area contributed by atoms with Crippen molar-refractivity contribution in [2.45, 2.75) is 104 Å². The number of pyridine rings is 1. The van der Waals surface area contributed by atoms with E-state index in [0.29, 0.717) is 16.9 Å². The van der Waals surface area contributed by atoms with Gasteiger partial charge in [0.05, 0.1) is 0 Å². The van der Waals surface area contributed by atoms with E-state index in [1.165, 1.54) is 50.5 Å². The third-order valence-corrected chi connectivity index (χ3v) is 15.4. The topological polar surface area (TPSA) is 22.1 Å². The van der Waals surface area contributed by atoms with Gasteiger partial charge in [0.25, 0.3) is 0 Å². The van der Waals surface area contributed by atoms with Crippen molar-refractivity contribution in [1.29, 1.82) is 0 Å². The van der Waals surface area contributed by atoms with Crippen molar-refractivity contribution in [1.82, 2.24) is 4.98 Å². The number of hydrogen-bond acceptors (Lipinski definition) is 2. The number of fused-ring (bicyclic) bond motifs is 5. The Morgan fingerprint density at radius 2 is 1.76 bits per heavy atom. The lowest BCUT2D eigenvalue weighted by Crippen LogP contribution is -2.51. The number of nitrogens with zero attached hydrogens (tertiary/aromatic N) is 1. The number of allylic oxidation sites excluding steroid dienone is 3. The average Bonchev–Trinajstić information content (AvgIpc) is 3.11. The predicted molar refractivity (Wildman–Crippen MR) is 141 cm³/mol. The molecule has 4 aliphatic rings. The van der Waals surface area contributed by atoms with Gasteiger partial charge in [0, 0.05) is 18.5 Å². The molecule has 0 aliphatic heterocycles. The van der Waals surface area contributed by atoms with E-state index in [0.717, 1.165) is 17.8 Å². The van der Waals surface area contributed by atoms with Gasteiger partial charge in [-0.2, -0.15) is 0 Å². The summed E-state index contributed by atoms with van der Waals surface area (Å²) in [6.45, 7) is 17.1. The van der Waals surface area contributed by atoms with Crippen LogP contribution in [-0.4, -0.2) is 19.4 Å². The van der Waals surface area contributed by atoms with Crippen LogP contribution < -0.4 is 0 Å². The highest BCUT2D eigenvalue weighted by Gasteiger charge is 2.57. The van der Waals surface area contributed by atoms with Crippen molar-refractivity contribution in [3.05, 3.63) is 47.8 Å². The number of rotatable bonds is 3. The van der Waals surface area contributed by atoms with Crippen LogP contribution in [0.4, 0.5) is 0 Å². The fraction of sp³-hybridized carbons (Fsp3) is 0.700. The van der Waals surface area contributed by atoms with Gasteiger partial charge in [-0.3, -0.25) is 4.98 Å². The summed E-state index contributed by atoms with van der Waals surface area (Å²) in [5, 5.41) is 0.287. The SMILES string of the molecule is CC(C)(C)[Si](C)(C)O[C@H]1CC[C@@]2(C)C(=CCC3C2CC[C@]2(C)C(c4cccnc4)=CCC32)C1. The molecule has 1 aromatic heterocycles. The Morgan fingerprint density at radius 3 is 2.45 bits per heavy atom. The van der Waals surface area contributed by atoms with Crippen molar-refractivity contribution in [3.63, 3.8) is 0 Å². The Labute approximate surface area is 203 Å². The molecule has 0 N–H and O–H groups in total. The van der Waals surface area contributed by atoms with Crippen LogP contribution in [0.1, 0.15) is 85.1 Å². The van der Waals surface area contributed by atoms with E-state index in [4.69, 9.17) is 4.43 Å². The lowest BCUT2D eigenvalue weighted by molar-refractivity contribution is -0.0223. The minimum Gasteiger partial charge on any atom is -0.414 e. The molecular formula is C30H45NOSi. The van der Waals surface area contributed by atoms with Gasteiger partial charge in [-0.25, -0.2) is 0 Å². The molecule has 6 atom stereocenters. The molecule has 0 spiro atoms. The van der Waals surface area contributed by atoms with E-state index in [-0.39, 0.29) is 5.04 Å². The molecule has 2 saturated carbocycles. The van der Waals surface area contributed by atoms with Gasteiger partial charge in [-0.1, -0.05) is 58.4 Å². The maximum atomic E-state index is 6.91. The third-order valence-electron chi connectivity index (χ3n) is 10.9. The zero-order chi connectivity index (χ0) is 23.6. The molecule has 0 aromatic carbocycles. The Balaban J connectivity index is 1.36. The monoisotopic (exact) mass is 463 g/mol. The molecule has 1 heterocycles. The highest BCUT2D eigenvalue weighted by Crippen LogP contribution is 2.66. The van der Waals surface area contributed by atoms with Crippen molar-refractivity contribution in [2.75, 3.05) is 0 Å². The molecule has 3 unspecified atom stereocenters. The van der Waals surface area contributed by atoms with Crippen molar-refractivity contribution in [3.8, 4) is 0 Å². The summed E-state index contributed by atoms with van der Waals surface area (Å²) >= 11 is 0. The molecule has 180 valence electrons. The molecule has 0 radical (unpaired) electrons. The van der Waals surface area contributed by atoms with Gasteiger partial charge in [0.2, 0.25) is 0 Å². The molecule has 1 aromatic rings. The van der Waals surface area contributed by atoms with E-state index < -0.39 is 8.32 Å². The summed E-state index contributed by atoms with van der Waals surface area (Å²) in [4.78, 5) is 4.43. The Bertz CT molecular complexity index is 957. The summed E-state index contributed by atoms with van der Waals surface area (Å²) in [7, 11) is -1.71. The molecule has 0 bridgehead atoms. The summed E-state index contributed by atoms with van der Waals surface area (Å²) in [5.41, 5.74) is 5.36. The van der Waals surface area contributed by atoms with E-state index in [1.807, 2.05) is 6.20 Å². The second kappa shape index (κ2) is 7.91. The molecule has 33 heavy (non-hydrogen) atoms. The fourth-order valence-electron chi connectivity index (χ4n) is 7.86. The first-order valence-corrected chi connectivity index (χ1v) is 16.3. The Morgan fingerprint density at radius 1 is 1.00 bits per heavy atom. The zero-order valence-corrected chi connectivity index (χ0v) is 23.1. The molecule has 3 heteroatoms. The Hall–Kier alpha value is -1.19. The molecule has 0 saturated heterocycles. The predicted octanol–water partition coefficient (Wildman–Crippen LogP) is 8.43. The maximum Gasteiger partial charge on any atom is 0.192 e. The standard InChI is InChI=1S/C30H45NOSi/c1-28(2,3)33(6,7)32-23-14-16-29(4)22(19-23)10-11-24-26-13-12-25(21-9-8-18-31-20-21)30(26,5)17-15-27(24)29/h8-10,12,18,20,23-24,26-27H,11,13-17,19H2,1-7H3/t23-,24?,26?,27?,29-,30+/m0/s1. The molecule has 4 aliphatic carbocycles. The largest absolute Gasteiger partial charge is 0.414 e. The van der Waals surface area contributed by atoms with E-state index >= 15 is 0 Å². The van der Waals surface area contributed by atoms with Crippen LogP contribution in [0.25, 0.3) is 5.57 Å². The molecule has 5 rings (SSSR count). The molecular weight excluding hydrogens is 418 g/mol. The van der Waals surface area contributed by atoms with Crippen LogP contribution in [0.2, 0.25) is 18.1 Å². The van der Waals surface area contributed by atoms with Gasteiger partial charge in [0.15, 0.2) is 8.32 Å². The second-order valence-corrected chi connectivity index (χ2v) is 18.3. The first kappa shape index (κ1) is 23.5. The summed E-state index contributed by atoms with van der Waals surface area (Å²) in [6.07, 6.45) is 18.6. The van der Waals surface area contributed by atoms with Crippen LogP contribution in [0, 0.1) is 28.6 Å². The van der Waals surface area contributed by atoms with Gasteiger partial charge < -0.3 is 4.43 Å². The van der Waals surface area contributed by atoms with E-state index in [9.17, 15) is 0 Å². The molecule has 2 fully saturated rings. The first-order chi connectivity index (χ1) is 15.5. The minimum absolute atomic E-state index is 0.287. The van der Waals surface area contributed by atoms with Gasteiger partial charge in [0.1, 0.15) is 0 Å². The summed E-state index contributed by atoms with van der Waals surface area (Å²) in [5.74, 6) is 2.44. The Kier molecular flexibility index (Phi) is 5.65. The van der Waals surface area contributed by atoms with Crippen molar-refractivity contribution >= 4 is 13.9 Å². The second-order valence-electron chi connectivity index (χ2n) is 13.6. The lowest BCUT2D eigenvalue weighted by Gasteiger charge is -2.58. The van der Waals surface area contributed by atoms with Crippen LogP contribution in [-0.2, 0) is 4.43 Å². The average molecular weight is 464 g/mol. The fourth-order valence-corrected chi connectivity index (χ4v) is 9.25. The quantitative estimate of drug-likeness (QED) is 0.331. The third kappa shape index (κ3) is 3.73. The number of hydrogen-bond donors (Lipinski definition) is 0. The highest BCUT2D eigenvalue weighted by molar-refractivity contribution is 6.74. The van der Waals surface area contributed by atoms with Crippen molar-refractivity contribution in [2.24, 2.45) is 28.6 Å². The van der Waals surface area contributed by atoms with Crippen LogP contribution in [0.15, 0.2) is 42.3 Å². The smallest absolute Gasteiger partial charge is 0.192 e.